The molecule has 0 saturated carbocycles. The number of carbonyl (C=O) groups is 1. The maximum atomic E-state index is 11.5. The second-order valence-corrected chi connectivity index (χ2v) is 4.60. The lowest BCUT2D eigenvalue weighted by Gasteiger charge is -2.08. The molecule has 0 aliphatic heterocycles. The van der Waals surface area contributed by atoms with E-state index in [0.29, 0.717) is 36.8 Å². The van der Waals surface area contributed by atoms with Crippen molar-refractivity contribution in [2.45, 2.75) is 19.3 Å². The highest BCUT2D eigenvalue weighted by Gasteiger charge is 2.02. The molecule has 1 aromatic carbocycles. The first-order valence-corrected chi connectivity index (χ1v) is 6.90. The van der Waals surface area contributed by atoms with E-state index in [1.54, 1.807) is 6.07 Å². The second kappa shape index (κ2) is 9.64. The molecule has 0 bridgehead atoms. The van der Waals surface area contributed by atoms with E-state index in [4.69, 9.17) is 16.3 Å². The summed E-state index contributed by atoms with van der Waals surface area (Å²) in [5.41, 5.74) is 0. The summed E-state index contributed by atoms with van der Waals surface area (Å²) in [5, 5.41) is 6.50. The van der Waals surface area contributed by atoms with Crippen molar-refractivity contribution in [3.8, 4) is 5.75 Å². The SMILES string of the molecule is CNCCCNC(=O)CCCOc1ccccc1Cl. The van der Waals surface area contributed by atoms with Crippen molar-refractivity contribution in [2.24, 2.45) is 0 Å². The molecule has 0 saturated heterocycles. The molecule has 0 aliphatic rings. The Hall–Kier alpha value is -1.26. The lowest BCUT2D eigenvalue weighted by Crippen LogP contribution is -2.26. The quantitative estimate of drug-likeness (QED) is 0.684. The molecule has 19 heavy (non-hydrogen) atoms. The molecule has 0 atom stereocenters. The van der Waals surface area contributed by atoms with Crippen molar-refractivity contribution in [1.29, 1.82) is 0 Å². The zero-order chi connectivity index (χ0) is 13.9. The molecule has 106 valence electrons. The predicted octanol–water partition coefficient (Wildman–Crippen LogP) is 2.22. The minimum Gasteiger partial charge on any atom is -0.492 e. The van der Waals surface area contributed by atoms with Crippen molar-refractivity contribution in [1.82, 2.24) is 10.6 Å². The van der Waals surface area contributed by atoms with Crippen LogP contribution in [0.2, 0.25) is 5.02 Å². The molecule has 0 aliphatic carbocycles. The van der Waals surface area contributed by atoms with Crippen LogP contribution in [-0.4, -0.2) is 32.7 Å². The summed E-state index contributed by atoms with van der Waals surface area (Å²) in [5.74, 6) is 0.734. The van der Waals surface area contributed by atoms with Crippen LogP contribution in [-0.2, 0) is 4.79 Å². The van der Waals surface area contributed by atoms with Crippen LogP contribution in [0.15, 0.2) is 24.3 Å². The fraction of sp³-hybridized carbons (Fsp3) is 0.500. The van der Waals surface area contributed by atoms with Crippen LogP contribution >= 0.6 is 11.6 Å². The predicted molar refractivity (Wildman–Crippen MR) is 77.7 cm³/mol. The molecule has 1 amide bonds. The average molecular weight is 285 g/mol. The maximum absolute atomic E-state index is 11.5. The van der Waals surface area contributed by atoms with Gasteiger partial charge in [0.1, 0.15) is 5.75 Å². The molecule has 4 nitrogen and oxygen atoms in total. The molecule has 0 spiro atoms. The molecule has 5 heteroatoms. The van der Waals surface area contributed by atoms with Gasteiger partial charge in [0, 0.05) is 13.0 Å². The summed E-state index contributed by atoms with van der Waals surface area (Å²) >= 11 is 5.95. The first-order valence-electron chi connectivity index (χ1n) is 6.52. The molecule has 2 N–H and O–H groups in total. The number of carbonyl (C=O) groups excluding carboxylic acids is 1. The van der Waals surface area contributed by atoms with Gasteiger partial charge in [-0.25, -0.2) is 0 Å². The number of halogens is 1. The molecular formula is C14H21ClN2O2. The highest BCUT2D eigenvalue weighted by Crippen LogP contribution is 2.23. The Bertz CT molecular complexity index is 385. The Morgan fingerprint density at radius 3 is 2.79 bits per heavy atom. The van der Waals surface area contributed by atoms with E-state index in [1.165, 1.54) is 0 Å². The van der Waals surface area contributed by atoms with Crippen LogP contribution in [0, 0.1) is 0 Å². The van der Waals surface area contributed by atoms with E-state index in [2.05, 4.69) is 10.6 Å². The zero-order valence-corrected chi connectivity index (χ0v) is 12.0. The van der Waals surface area contributed by atoms with Gasteiger partial charge < -0.3 is 15.4 Å². The van der Waals surface area contributed by atoms with Gasteiger partial charge in [-0.3, -0.25) is 4.79 Å². The minimum atomic E-state index is 0.0684. The maximum Gasteiger partial charge on any atom is 0.220 e. The summed E-state index contributed by atoms with van der Waals surface area (Å²) in [6.45, 7) is 2.12. The molecule has 0 fully saturated rings. The normalized spacial score (nSPS) is 10.2. The largest absolute Gasteiger partial charge is 0.492 e. The number of para-hydroxylation sites is 1. The van der Waals surface area contributed by atoms with Gasteiger partial charge in [0.2, 0.25) is 5.91 Å². The van der Waals surface area contributed by atoms with E-state index in [0.717, 1.165) is 13.0 Å². The summed E-state index contributed by atoms with van der Waals surface area (Å²) in [4.78, 5) is 11.5. The highest BCUT2D eigenvalue weighted by atomic mass is 35.5. The second-order valence-electron chi connectivity index (χ2n) is 4.19. The van der Waals surface area contributed by atoms with Crippen LogP contribution in [0.25, 0.3) is 0 Å². The zero-order valence-electron chi connectivity index (χ0n) is 11.2. The van der Waals surface area contributed by atoms with Crippen molar-refractivity contribution in [3.63, 3.8) is 0 Å². The number of benzene rings is 1. The molecular weight excluding hydrogens is 264 g/mol. The highest BCUT2D eigenvalue weighted by molar-refractivity contribution is 6.32. The van der Waals surface area contributed by atoms with E-state index in [-0.39, 0.29) is 5.91 Å². The smallest absolute Gasteiger partial charge is 0.220 e. The van der Waals surface area contributed by atoms with Gasteiger partial charge in [0.25, 0.3) is 0 Å². The molecule has 1 rings (SSSR count). The van der Waals surface area contributed by atoms with E-state index in [9.17, 15) is 4.79 Å². The van der Waals surface area contributed by atoms with Crippen LogP contribution in [0.5, 0.6) is 5.75 Å². The van der Waals surface area contributed by atoms with E-state index >= 15 is 0 Å². The van der Waals surface area contributed by atoms with Gasteiger partial charge in [-0.15, -0.1) is 0 Å². The van der Waals surface area contributed by atoms with Crippen LogP contribution in [0.3, 0.4) is 0 Å². The summed E-state index contributed by atoms with van der Waals surface area (Å²) in [6.07, 6.45) is 2.10. The van der Waals surface area contributed by atoms with Gasteiger partial charge in [-0.2, -0.15) is 0 Å². The van der Waals surface area contributed by atoms with Crippen molar-refractivity contribution >= 4 is 17.5 Å². The van der Waals surface area contributed by atoms with Gasteiger partial charge in [-0.1, -0.05) is 23.7 Å². The molecule has 0 unspecified atom stereocenters. The Labute approximate surface area is 119 Å². The van der Waals surface area contributed by atoms with E-state index < -0.39 is 0 Å². The van der Waals surface area contributed by atoms with Gasteiger partial charge in [0.15, 0.2) is 0 Å². The van der Waals surface area contributed by atoms with Crippen molar-refractivity contribution < 1.29 is 9.53 Å². The lowest BCUT2D eigenvalue weighted by molar-refractivity contribution is -0.121. The van der Waals surface area contributed by atoms with E-state index in [1.807, 2.05) is 25.2 Å². The first kappa shape index (κ1) is 15.8. The van der Waals surface area contributed by atoms with Gasteiger partial charge in [0.05, 0.1) is 11.6 Å². The molecule has 0 radical (unpaired) electrons. The monoisotopic (exact) mass is 284 g/mol. The third-order valence-electron chi connectivity index (χ3n) is 2.57. The fourth-order valence-electron chi connectivity index (χ4n) is 1.56. The topological polar surface area (TPSA) is 50.4 Å². The van der Waals surface area contributed by atoms with Gasteiger partial charge >= 0.3 is 0 Å². The number of ether oxygens (including phenoxy) is 1. The molecule has 1 aromatic rings. The standard InChI is InChI=1S/C14H21ClN2O2/c1-16-9-5-10-17-14(18)8-4-11-19-13-7-3-2-6-12(13)15/h2-3,6-7,16H,4-5,8-11H2,1H3,(H,17,18). The summed E-state index contributed by atoms with van der Waals surface area (Å²) in [7, 11) is 1.90. The number of nitrogens with one attached hydrogen (secondary N) is 2. The molecule has 0 aromatic heterocycles. The van der Waals surface area contributed by atoms with Gasteiger partial charge in [-0.05, 0) is 38.6 Å². The fourth-order valence-corrected chi connectivity index (χ4v) is 1.75. The Balaban J connectivity index is 2.07. The number of hydrogen-bond donors (Lipinski definition) is 2. The average Bonchev–Trinajstić information content (AvgIpc) is 2.41. The number of rotatable bonds is 9. The Morgan fingerprint density at radius 2 is 2.05 bits per heavy atom. The lowest BCUT2D eigenvalue weighted by atomic mass is 10.3. The summed E-state index contributed by atoms with van der Waals surface area (Å²) in [6, 6.07) is 7.33. The van der Waals surface area contributed by atoms with Crippen molar-refractivity contribution in [2.75, 3.05) is 26.7 Å². The van der Waals surface area contributed by atoms with Crippen LogP contribution in [0.1, 0.15) is 19.3 Å². The first-order chi connectivity index (χ1) is 9.24. The number of hydrogen-bond acceptors (Lipinski definition) is 3. The molecule has 0 heterocycles. The summed E-state index contributed by atoms with van der Waals surface area (Å²) < 4.78 is 5.51. The third kappa shape index (κ3) is 7.03. The van der Waals surface area contributed by atoms with Crippen molar-refractivity contribution in [3.05, 3.63) is 29.3 Å². The van der Waals surface area contributed by atoms with Crippen LogP contribution < -0.4 is 15.4 Å². The third-order valence-corrected chi connectivity index (χ3v) is 2.88. The number of amides is 1. The Kier molecular flexibility index (Phi) is 8.02. The van der Waals surface area contributed by atoms with Crippen LogP contribution in [0.4, 0.5) is 0 Å². The minimum absolute atomic E-state index is 0.0684. The Morgan fingerprint density at radius 1 is 1.26 bits per heavy atom.